The number of benzene rings is 2. The molecular formula is C16H17BrClN. The normalized spacial score (nSPS) is 14.2. The average molecular weight is 339 g/mol. The molecule has 1 unspecified atom stereocenters. The van der Waals surface area contributed by atoms with Crippen LogP contribution < -0.4 is 5.73 Å². The minimum atomic E-state index is -0.602. The van der Waals surface area contributed by atoms with Crippen molar-refractivity contribution in [1.82, 2.24) is 0 Å². The van der Waals surface area contributed by atoms with Crippen LogP contribution in [-0.2, 0) is 5.54 Å². The van der Waals surface area contributed by atoms with Crippen molar-refractivity contribution in [3.8, 4) is 0 Å². The van der Waals surface area contributed by atoms with Gasteiger partial charge in [-0.05, 0) is 49.6 Å². The summed E-state index contributed by atoms with van der Waals surface area (Å²) in [5.74, 6) is 0. The SMILES string of the molecule is Cc1ccc(C(C)(N)c2ccc(Br)cc2Cl)c(C)c1. The van der Waals surface area contributed by atoms with Crippen LogP contribution in [0.15, 0.2) is 40.9 Å². The first-order valence-corrected chi connectivity index (χ1v) is 7.31. The molecule has 2 rings (SSSR count). The van der Waals surface area contributed by atoms with Crippen LogP contribution in [0.5, 0.6) is 0 Å². The summed E-state index contributed by atoms with van der Waals surface area (Å²) >= 11 is 9.76. The standard InChI is InChI=1S/C16H17BrClN/c1-10-4-6-13(11(2)8-10)16(3,19)14-7-5-12(17)9-15(14)18/h4-9H,19H2,1-3H3. The lowest BCUT2D eigenvalue weighted by Gasteiger charge is -2.29. The number of halogens is 2. The molecule has 19 heavy (non-hydrogen) atoms. The van der Waals surface area contributed by atoms with Gasteiger partial charge >= 0.3 is 0 Å². The third-order valence-corrected chi connectivity index (χ3v) is 4.24. The van der Waals surface area contributed by atoms with E-state index in [9.17, 15) is 0 Å². The summed E-state index contributed by atoms with van der Waals surface area (Å²) in [7, 11) is 0. The van der Waals surface area contributed by atoms with Crippen molar-refractivity contribution in [2.75, 3.05) is 0 Å². The Morgan fingerprint density at radius 3 is 2.26 bits per heavy atom. The molecule has 3 heteroatoms. The Bertz CT molecular complexity index is 567. The molecule has 0 aliphatic heterocycles. The topological polar surface area (TPSA) is 26.0 Å². The van der Waals surface area contributed by atoms with Crippen LogP contribution in [-0.4, -0.2) is 0 Å². The number of hydrogen-bond acceptors (Lipinski definition) is 1. The Morgan fingerprint density at radius 2 is 1.68 bits per heavy atom. The second-order valence-corrected chi connectivity index (χ2v) is 6.47. The predicted molar refractivity (Wildman–Crippen MR) is 85.7 cm³/mol. The second-order valence-electron chi connectivity index (χ2n) is 5.14. The highest BCUT2D eigenvalue weighted by Crippen LogP contribution is 2.35. The van der Waals surface area contributed by atoms with Gasteiger partial charge in [-0.3, -0.25) is 0 Å². The zero-order valence-electron chi connectivity index (χ0n) is 11.3. The molecule has 0 saturated heterocycles. The first-order valence-electron chi connectivity index (χ1n) is 6.14. The number of nitrogens with two attached hydrogens (primary N) is 1. The summed E-state index contributed by atoms with van der Waals surface area (Å²) in [6.45, 7) is 6.16. The quantitative estimate of drug-likeness (QED) is 0.824. The van der Waals surface area contributed by atoms with Gasteiger partial charge in [-0.25, -0.2) is 0 Å². The molecule has 2 N–H and O–H groups in total. The Labute approximate surface area is 127 Å². The van der Waals surface area contributed by atoms with Crippen LogP contribution in [0.1, 0.15) is 29.2 Å². The van der Waals surface area contributed by atoms with Crippen molar-refractivity contribution in [1.29, 1.82) is 0 Å². The molecule has 0 fully saturated rings. The summed E-state index contributed by atoms with van der Waals surface area (Å²) in [6, 6.07) is 12.1. The van der Waals surface area contributed by atoms with Crippen LogP contribution in [0, 0.1) is 13.8 Å². The Kier molecular flexibility index (Phi) is 4.05. The zero-order valence-corrected chi connectivity index (χ0v) is 13.6. The maximum atomic E-state index is 6.56. The lowest BCUT2D eigenvalue weighted by atomic mass is 9.83. The van der Waals surface area contributed by atoms with Crippen molar-refractivity contribution in [2.45, 2.75) is 26.3 Å². The van der Waals surface area contributed by atoms with Crippen LogP contribution in [0.2, 0.25) is 5.02 Å². The van der Waals surface area contributed by atoms with E-state index in [2.05, 4.69) is 48.0 Å². The van der Waals surface area contributed by atoms with E-state index in [-0.39, 0.29) is 0 Å². The van der Waals surface area contributed by atoms with Gasteiger partial charge in [-0.1, -0.05) is 57.4 Å². The average Bonchev–Trinajstić information content (AvgIpc) is 2.27. The molecule has 0 aromatic heterocycles. The number of hydrogen-bond donors (Lipinski definition) is 1. The summed E-state index contributed by atoms with van der Waals surface area (Å²) in [6.07, 6.45) is 0. The smallest absolute Gasteiger partial charge is 0.0654 e. The second kappa shape index (κ2) is 5.28. The first-order chi connectivity index (χ1) is 8.82. The van der Waals surface area contributed by atoms with Gasteiger partial charge in [0.2, 0.25) is 0 Å². The molecule has 0 amide bonds. The fraction of sp³-hybridized carbons (Fsp3) is 0.250. The Hall–Kier alpha value is -0.830. The fourth-order valence-electron chi connectivity index (χ4n) is 2.45. The van der Waals surface area contributed by atoms with E-state index in [1.165, 1.54) is 11.1 Å². The van der Waals surface area contributed by atoms with E-state index < -0.39 is 5.54 Å². The van der Waals surface area contributed by atoms with Gasteiger partial charge in [-0.2, -0.15) is 0 Å². The molecule has 100 valence electrons. The maximum Gasteiger partial charge on any atom is 0.0654 e. The summed E-state index contributed by atoms with van der Waals surface area (Å²) in [5.41, 5.74) is 10.4. The zero-order chi connectivity index (χ0) is 14.2. The van der Waals surface area contributed by atoms with E-state index in [0.29, 0.717) is 5.02 Å². The van der Waals surface area contributed by atoms with Crippen molar-refractivity contribution in [3.05, 3.63) is 68.1 Å². The molecule has 0 spiro atoms. The monoisotopic (exact) mass is 337 g/mol. The Balaban J connectivity index is 2.58. The van der Waals surface area contributed by atoms with Gasteiger partial charge in [0, 0.05) is 9.50 Å². The molecule has 0 saturated carbocycles. The molecule has 2 aromatic rings. The highest BCUT2D eigenvalue weighted by Gasteiger charge is 2.27. The molecule has 1 nitrogen and oxygen atoms in total. The lowest BCUT2D eigenvalue weighted by Crippen LogP contribution is -2.35. The highest BCUT2D eigenvalue weighted by molar-refractivity contribution is 9.10. The van der Waals surface area contributed by atoms with Crippen molar-refractivity contribution >= 4 is 27.5 Å². The summed E-state index contributed by atoms with van der Waals surface area (Å²) in [4.78, 5) is 0. The molecule has 2 aromatic carbocycles. The number of aryl methyl sites for hydroxylation is 2. The lowest BCUT2D eigenvalue weighted by molar-refractivity contribution is 0.599. The molecular weight excluding hydrogens is 322 g/mol. The minimum Gasteiger partial charge on any atom is -0.318 e. The predicted octanol–water partition coefficient (Wildman–Crippen LogP) is 4.94. The van der Waals surface area contributed by atoms with E-state index >= 15 is 0 Å². The fourth-order valence-corrected chi connectivity index (χ4v) is 3.32. The van der Waals surface area contributed by atoms with Crippen LogP contribution in [0.25, 0.3) is 0 Å². The third kappa shape index (κ3) is 2.86. The van der Waals surface area contributed by atoms with Gasteiger partial charge in [0.25, 0.3) is 0 Å². The summed E-state index contributed by atoms with van der Waals surface area (Å²) in [5, 5.41) is 0.680. The first kappa shape index (κ1) is 14.6. The third-order valence-electron chi connectivity index (χ3n) is 3.43. The van der Waals surface area contributed by atoms with Crippen molar-refractivity contribution in [2.24, 2.45) is 5.73 Å². The summed E-state index contributed by atoms with van der Waals surface area (Å²) < 4.78 is 0.956. The Morgan fingerprint density at radius 1 is 1.05 bits per heavy atom. The largest absolute Gasteiger partial charge is 0.318 e. The van der Waals surface area contributed by atoms with Gasteiger partial charge in [0.05, 0.1) is 5.54 Å². The van der Waals surface area contributed by atoms with Crippen molar-refractivity contribution in [3.63, 3.8) is 0 Å². The maximum absolute atomic E-state index is 6.56. The van der Waals surface area contributed by atoms with E-state index in [4.69, 9.17) is 17.3 Å². The van der Waals surface area contributed by atoms with Gasteiger partial charge in [-0.15, -0.1) is 0 Å². The van der Waals surface area contributed by atoms with E-state index in [1.54, 1.807) is 0 Å². The molecule has 0 radical (unpaired) electrons. The number of rotatable bonds is 2. The minimum absolute atomic E-state index is 0.602. The highest BCUT2D eigenvalue weighted by atomic mass is 79.9. The van der Waals surface area contributed by atoms with Gasteiger partial charge in [0.1, 0.15) is 0 Å². The molecule has 1 atom stereocenters. The van der Waals surface area contributed by atoms with Gasteiger partial charge in [0.15, 0.2) is 0 Å². The van der Waals surface area contributed by atoms with E-state index in [1.807, 2.05) is 25.1 Å². The van der Waals surface area contributed by atoms with Crippen LogP contribution in [0.3, 0.4) is 0 Å². The molecule has 0 aliphatic rings. The van der Waals surface area contributed by atoms with E-state index in [0.717, 1.165) is 15.6 Å². The van der Waals surface area contributed by atoms with Gasteiger partial charge < -0.3 is 5.73 Å². The van der Waals surface area contributed by atoms with Crippen LogP contribution >= 0.6 is 27.5 Å². The molecule has 0 aliphatic carbocycles. The van der Waals surface area contributed by atoms with Crippen molar-refractivity contribution < 1.29 is 0 Å². The molecule has 0 bridgehead atoms. The molecule has 0 heterocycles. The van der Waals surface area contributed by atoms with Crippen LogP contribution in [0.4, 0.5) is 0 Å².